The van der Waals surface area contributed by atoms with Crippen molar-refractivity contribution < 1.29 is 47.8 Å². The lowest BCUT2D eigenvalue weighted by Gasteiger charge is -2.20. The summed E-state index contributed by atoms with van der Waals surface area (Å²) in [6.07, 6.45) is 51.1. The second kappa shape index (κ2) is 43.2. The smallest absolute Gasteiger partial charge is 0.462 e. The van der Waals surface area contributed by atoms with Crippen molar-refractivity contribution in [3.8, 4) is 0 Å². The van der Waals surface area contributed by atoms with Crippen molar-refractivity contribution in [2.45, 2.75) is 180 Å². The van der Waals surface area contributed by atoms with E-state index in [0.717, 1.165) is 103 Å². The maximum atomic E-state index is 12.6. The summed E-state index contributed by atoms with van der Waals surface area (Å²) in [5, 5.41) is 18.4. The Labute approximate surface area is 358 Å². The molecule has 0 spiro atoms. The van der Waals surface area contributed by atoms with Crippen LogP contribution < -0.4 is 0 Å². The quantitative estimate of drug-likeness (QED) is 0.0235. The molecule has 11 heteroatoms. The molecule has 0 rings (SSSR count). The Hall–Kier alpha value is -2.85. The Morgan fingerprint density at radius 2 is 0.932 bits per heavy atom. The molecule has 3 unspecified atom stereocenters. The highest BCUT2D eigenvalue weighted by Gasteiger charge is 2.27. The first-order valence-electron chi connectivity index (χ1n) is 22.5. The van der Waals surface area contributed by atoms with Crippen LogP contribution in [0.1, 0.15) is 168 Å². The van der Waals surface area contributed by atoms with Crippen molar-refractivity contribution in [1.82, 2.24) is 0 Å². The number of hydrogen-bond acceptors (Lipinski definition) is 9. The summed E-state index contributed by atoms with van der Waals surface area (Å²) < 4.78 is 32.7. The van der Waals surface area contributed by atoms with E-state index in [2.05, 4.69) is 103 Å². The Morgan fingerprint density at radius 1 is 0.525 bits per heavy atom. The molecule has 0 aromatic rings. The van der Waals surface area contributed by atoms with Gasteiger partial charge in [-0.05, 0) is 89.9 Å². The molecule has 0 aromatic heterocycles. The van der Waals surface area contributed by atoms with Gasteiger partial charge in [0.05, 0.1) is 19.8 Å². The maximum absolute atomic E-state index is 12.6. The van der Waals surface area contributed by atoms with Crippen LogP contribution in [0.5, 0.6) is 0 Å². The lowest BCUT2D eigenvalue weighted by atomic mass is 10.1. The lowest BCUT2D eigenvalue weighted by Crippen LogP contribution is -2.29. The fourth-order valence-corrected chi connectivity index (χ4v) is 6.37. The van der Waals surface area contributed by atoms with E-state index >= 15 is 0 Å². The molecule has 0 aliphatic carbocycles. The van der Waals surface area contributed by atoms with E-state index in [4.69, 9.17) is 19.1 Å². The number of aliphatic hydroxyl groups is 2. The molecule has 3 atom stereocenters. The summed E-state index contributed by atoms with van der Waals surface area (Å²) in [5.41, 5.74) is 0. The maximum Gasteiger partial charge on any atom is 0.472 e. The number of unbranched alkanes of at least 4 members (excludes halogenated alkanes) is 13. The van der Waals surface area contributed by atoms with E-state index in [1.807, 2.05) is 0 Å². The zero-order chi connectivity index (χ0) is 43.3. The van der Waals surface area contributed by atoms with E-state index in [-0.39, 0.29) is 19.4 Å². The van der Waals surface area contributed by atoms with Crippen molar-refractivity contribution in [3.05, 3.63) is 85.1 Å². The monoisotopic (exact) mass is 849 g/mol. The number of phosphoric ester groups is 1. The van der Waals surface area contributed by atoms with Crippen LogP contribution in [0, 0.1) is 0 Å². The van der Waals surface area contributed by atoms with Gasteiger partial charge in [0.25, 0.3) is 0 Å². The summed E-state index contributed by atoms with van der Waals surface area (Å²) in [6.45, 7) is 2.18. The van der Waals surface area contributed by atoms with Gasteiger partial charge in [0.15, 0.2) is 6.10 Å². The van der Waals surface area contributed by atoms with Gasteiger partial charge in [0.2, 0.25) is 0 Å². The summed E-state index contributed by atoms with van der Waals surface area (Å²) in [4.78, 5) is 35.0. The lowest BCUT2D eigenvalue weighted by molar-refractivity contribution is -0.161. The molecule has 0 aliphatic heterocycles. The van der Waals surface area contributed by atoms with Gasteiger partial charge in [-0.25, -0.2) is 4.57 Å². The molecule has 0 saturated heterocycles. The van der Waals surface area contributed by atoms with Crippen LogP contribution in [-0.2, 0) is 32.7 Å². The van der Waals surface area contributed by atoms with E-state index < -0.39 is 51.8 Å². The Bertz CT molecular complexity index is 1250. The molecule has 0 amide bonds. The highest BCUT2D eigenvalue weighted by molar-refractivity contribution is 7.47. The van der Waals surface area contributed by atoms with Crippen LogP contribution in [0.2, 0.25) is 0 Å². The van der Waals surface area contributed by atoms with Crippen molar-refractivity contribution in [2.75, 3.05) is 26.4 Å². The first-order valence-corrected chi connectivity index (χ1v) is 24.0. The Balaban J connectivity index is 4.36. The number of carbonyl (C=O) groups excluding carboxylic acids is 2. The third-order valence-corrected chi connectivity index (χ3v) is 9.98. The minimum atomic E-state index is -4.64. The van der Waals surface area contributed by atoms with E-state index in [1.165, 1.54) is 25.7 Å². The number of esters is 2. The second-order valence-electron chi connectivity index (χ2n) is 14.7. The molecule has 0 radical (unpaired) electrons. The molecular formula is C48H81O10P. The molecule has 0 saturated carbocycles. The highest BCUT2D eigenvalue weighted by atomic mass is 31.2. The van der Waals surface area contributed by atoms with Crippen LogP contribution in [0.15, 0.2) is 85.1 Å². The zero-order valence-corrected chi connectivity index (χ0v) is 37.6. The average Bonchev–Trinajstić information content (AvgIpc) is 3.22. The molecule has 0 fully saturated rings. The number of ether oxygens (including phenoxy) is 2. The molecule has 0 bridgehead atoms. The molecular weight excluding hydrogens is 767 g/mol. The number of aliphatic hydroxyl groups excluding tert-OH is 2. The van der Waals surface area contributed by atoms with Crippen molar-refractivity contribution in [1.29, 1.82) is 0 Å². The summed E-state index contributed by atoms with van der Waals surface area (Å²) in [6, 6.07) is 0. The molecule has 10 nitrogen and oxygen atoms in total. The van der Waals surface area contributed by atoms with Crippen molar-refractivity contribution in [2.24, 2.45) is 0 Å². The molecule has 0 heterocycles. The van der Waals surface area contributed by atoms with Crippen LogP contribution in [-0.4, -0.2) is 65.7 Å². The molecule has 338 valence electrons. The number of allylic oxidation sites excluding steroid dienone is 14. The summed E-state index contributed by atoms with van der Waals surface area (Å²) in [5.74, 6) is -0.974. The first kappa shape index (κ1) is 56.1. The van der Waals surface area contributed by atoms with E-state index in [9.17, 15) is 24.2 Å². The predicted octanol–water partition coefficient (Wildman–Crippen LogP) is 12.2. The average molecular weight is 849 g/mol. The largest absolute Gasteiger partial charge is 0.472 e. The van der Waals surface area contributed by atoms with Gasteiger partial charge in [-0.1, -0.05) is 150 Å². The summed E-state index contributed by atoms with van der Waals surface area (Å²) >= 11 is 0. The SMILES string of the molecule is CC/C=C\C/C=C\C/C=C\C/C=C\CCCCCCC(=O)OC(COC(=O)CCCCCCCC/C=C\C/C=C\C/C=C\CCCCC)COP(=O)(O)OCC(O)CO. The highest BCUT2D eigenvalue weighted by Crippen LogP contribution is 2.43. The van der Waals surface area contributed by atoms with E-state index in [0.29, 0.717) is 12.8 Å². The fourth-order valence-electron chi connectivity index (χ4n) is 5.58. The normalized spacial score (nSPS) is 14.6. The standard InChI is InChI=1S/C48H81O10P/c1-3-5-7-9-11-13-15-17-19-21-22-24-25-27-29-31-33-35-37-39-47(51)55-43-46(44-57-59(53,54)56-42-45(50)41-49)58-48(52)40-38-36-34-32-30-28-26-23-20-18-16-14-12-10-8-6-4-2/h6,8,11-14,17-20,22,24,26,28,45-46,49-50H,3-5,7,9-10,15-16,21,23,25,27,29-44H2,1-2H3,(H,53,54)/b8-6-,13-11-,14-12-,19-17-,20-18-,24-22-,28-26-. The van der Waals surface area contributed by atoms with Gasteiger partial charge >= 0.3 is 19.8 Å². The second-order valence-corrected chi connectivity index (χ2v) is 16.1. The van der Waals surface area contributed by atoms with Gasteiger partial charge in [-0.15, -0.1) is 0 Å². The number of phosphoric acid groups is 1. The molecule has 59 heavy (non-hydrogen) atoms. The Morgan fingerprint density at radius 3 is 1.41 bits per heavy atom. The predicted molar refractivity (Wildman–Crippen MR) is 242 cm³/mol. The summed E-state index contributed by atoms with van der Waals surface area (Å²) in [7, 11) is -4.64. The molecule has 0 aliphatic rings. The third-order valence-electron chi connectivity index (χ3n) is 9.03. The minimum Gasteiger partial charge on any atom is -0.462 e. The fraction of sp³-hybridized carbons (Fsp3) is 0.667. The van der Waals surface area contributed by atoms with Crippen molar-refractivity contribution in [3.63, 3.8) is 0 Å². The van der Waals surface area contributed by atoms with Gasteiger partial charge < -0.3 is 24.6 Å². The minimum absolute atomic E-state index is 0.148. The van der Waals surface area contributed by atoms with Crippen LogP contribution >= 0.6 is 7.82 Å². The number of carbonyl (C=O) groups is 2. The van der Waals surface area contributed by atoms with E-state index in [1.54, 1.807) is 0 Å². The number of rotatable bonds is 41. The third kappa shape index (κ3) is 43.1. The number of hydrogen-bond donors (Lipinski definition) is 3. The first-order chi connectivity index (χ1) is 28.7. The van der Waals surface area contributed by atoms with Crippen molar-refractivity contribution >= 4 is 19.8 Å². The zero-order valence-electron chi connectivity index (χ0n) is 36.7. The van der Waals surface area contributed by atoms with Gasteiger partial charge in [-0.3, -0.25) is 18.6 Å². The Kier molecular flexibility index (Phi) is 41.2. The van der Waals surface area contributed by atoms with Crippen LogP contribution in [0.3, 0.4) is 0 Å². The topological polar surface area (TPSA) is 149 Å². The van der Waals surface area contributed by atoms with Gasteiger partial charge in [0, 0.05) is 12.8 Å². The molecule has 3 N–H and O–H groups in total. The van der Waals surface area contributed by atoms with Crippen LogP contribution in [0.4, 0.5) is 0 Å². The molecule has 0 aromatic carbocycles. The van der Waals surface area contributed by atoms with Gasteiger partial charge in [0.1, 0.15) is 12.7 Å². The van der Waals surface area contributed by atoms with Crippen LogP contribution in [0.25, 0.3) is 0 Å². The van der Waals surface area contributed by atoms with Gasteiger partial charge in [-0.2, -0.15) is 0 Å².